The van der Waals surface area contributed by atoms with Gasteiger partial charge in [0.2, 0.25) is 0 Å². The molecule has 0 aromatic carbocycles. The number of aliphatic imine (C=N–C) groups is 2. The van der Waals surface area contributed by atoms with Gasteiger partial charge in [0.15, 0.2) is 5.82 Å². The zero-order valence-electron chi connectivity index (χ0n) is 3.05. The van der Waals surface area contributed by atoms with E-state index in [2.05, 4.69) is 9.98 Å². The van der Waals surface area contributed by atoms with E-state index in [1.807, 2.05) is 0 Å². The second kappa shape index (κ2) is 1.05. The van der Waals surface area contributed by atoms with Crippen molar-refractivity contribution in [1.29, 1.82) is 0 Å². The van der Waals surface area contributed by atoms with E-state index in [0.29, 0.717) is 0 Å². The number of rotatable bonds is 0. The van der Waals surface area contributed by atoms with Crippen molar-refractivity contribution in [2.24, 2.45) is 9.98 Å². The molecule has 0 spiro atoms. The molecule has 1 aliphatic heterocycles. The topological polar surface area (TPSA) is 24.7 Å². The van der Waals surface area contributed by atoms with Crippen molar-refractivity contribution in [1.82, 2.24) is 0 Å². The van der Waals surface area contributed by atoms with Gasteiger partial charge < -0.3 is 0 Å². The minimum absolute atomic E-state index is 0.0926. The second-order valence-corrected chi connectivity index (χ2v) is 0.880. The molecule has 0 saturated heterocycles. The smallest absolute Gasteiger partial charge is 0.160 e. The van der Waals surface area contributed by atoms with E-state index in [-0.39, 0.29) is 5.82 Å². The molecule has 1 heterocycles. The fraction of sp³-hybridized carbons (Fsp3) is 0. The van der Waals surface area contributed by atoms with Gasteiger partial charge in [0.25, 0.3) is 0 Å². The first kappa shape index (κ1) is 3.28. The Kier molecular flexibility index (Phi) is 0.572. The first-order chi connectivity index (χ1) is 2.89. The molecule has 0 aromatic rings. The van der Waals surface area contributed by atoms with Crippen molar-refractivity contribution >= 4 is 12.4 Å². The lowest BCUT2D eigenvalue weighted by Gasteiger charge is -1.69. The van der Waals surface area contributed by atoms with Gasteiger partial charge in [-0.1, -0.05) is 0 Å². The molecule has 0 fully saturated rings. The van der Waals surface area contributed by atoms with Crippen LogP contribution < -0.4 is 0 Å². The van der Waals surface area contributed by atoms with Gasteiger partial charge in [0.05, 0.1) is 0 Å². The highest BCUT2D eigenvalue weighted by Crippen LogP contribution is 1.93. The van der Waals surface area contributed by atoms with Gasteiger partial charge >= 0.3 is 0 Å². The quantitative estimate of drug-likeness (QED) is 0.398. The molecule has 0 aliphatic carbocycles. The zero-order valence-corrected chi connectivity index (χ0v) is 3.05. The molecule has 0 N–H and O–H groups in total. The molecule has 28 valence electrons. The molecule has 0 aromatic heterocycles. The van der Waals surface area contributed by atoms with E-state index in [0.717, 1.165) is 0 Å². The third kappa shape index (κ3) is 0.360. The highest BCUT2D eigenvalue weighted by molar-refractivity contribution is 6.18. The van der Waals surface area contributed by atoms with Gasteiger partial charge in [0.1, 0.15) is 0 Å². The van der Waals surface area contributed by atoms with Crippen LogP contribution in [0.3, 0.4) is 0 Å². The largest absolute Gasteiger partial charge is 0.235 e. The average Bonchev–Trinajstić information content (AvgIpc) is 1.86. The fourth-order valence-electron chi connectivity index (χ4n) is 0.241. The molecule has 0 saturated carbocycles. The van der Waals surface area contributed by atoms with Crippen LogP contribution in [-0.4, -0.2) is 12.4 Å². The highest BCUT2D eigenvalue weighted by Gasteiger charge is 1.84. The Morgan fingerprint density at radius 1 is 1.33 bits per heavy atom. The van der Waals surface area contributed by atoms with Crippen molar-refractivity contribution in [3.63, 3.8) is 0 Å². The van der Waals surface area contributed by atoms with Crippen LogP contribution in [0, 0.1) is 6.58 Å². The van der Waals surface area contributed by atoms with Crippen LogP contribution in [0.2, 0.25) is 0 Å². The summed E-state index contributed by atoms with van der Waals surface area (Å²) in [5.41, 5.74) is 0. The average molecular weight is 78.1 g/mol. The van der Waals surface area contributed by atoms with E-state index in [1.165, 1.54) is 12.4 Å². The Labute approximate surface area is 35.9 Å². The summed E-state index contributed by atoms with van der Waals surface area (Å²) >= 11 is 0. The molecular formula is C4H2N2. The summed E-state index contributed by atoms with van der Waals surface area (Å²) in [7, 11) is 0. The molecule has 0 bridgehead atoms. The summed E-state index contributed by atoms with van der Waals surface area (Å²) in [5.74, 6) is 0.0926. The molecule has 6 heavy (non-hydrogen) atoms. The Morgan fingerprint density at radius 3 is 2.00 bits per heavy atom. The van der Waals surface area contributed by atoms with Crippen molar-refractivity contribution in [2.75, 3.05) is 0 Å². The lowest BCUT2D eigenvalue weighted by Crippen LogP contribution is -1.56. The predicted molar refractivity (Wildman–Crippen MR) is 23.7 cm³/mol. The van der Waals surface area contributed by atoms with E-state index in [1.54, 1.807) is 0 Å². The first-order valence-electron chi connectivity index (χ1n) is 1.55. The second-order valence-electron chi connectivity index (χ2n) is 0.880. The van der Waals surface area contributed by atoms with Gasteiger partial charge in [-0.15, -0.1) is 0 Å². The monoisotopic (exact) mass is 78.0 g/mol. The van der Waals surface area contributed by atoms with Crippen LogP contribution in [0.25, 0.3) is 0 Å². The van der Waals surface area contributed by atoms with Crippen molar-refractivity contribution in [3.8, 4) is 0 Å². The van der Waals surface area contributed by atoms with E-state index in [4.69, 9.17) is 6.58 Å². The maximum Gasteiger partial charge on any atom is 0.160 e. The molecule has 0 unspecified atom stereocenters. The van der Waals surface area contributed by atoms with Crippen molar-refractivity contribution in [3.05, 3.63) is 12.4 Å². The third-order valence-corrected chi connectivity index (χ3v) is 0.460. The number of nitrogens with zero attached hydrogens (tertiary/aromatic N) is 2. The Bertz CT molecular complexity index is 108. The molecule has 1 rings (SSSR count). The zero-order chi connectivity index (χ0) is 4.41. The van der Waals surface area contributed by atoms with Crippen LogP contribution in [0.1, 0.15) is 0 Å². The van der Waals surface area contributed by atoms with E-state index in [9.17, 15) is 0 Å². The Balaban J connectivity index is 2.86. The molecule has 0 atom stereocenters. The van der Waals surface area contributed by atoms with Crippen LogP contribution in [-0.2, 0) is 0 Å². The number of hydrogen-bond donors (Lipinski definition) is 0. The van der Waals surface area contributed by atoms with Gasteiger partial charge in [-0.3, -0.25) is 0 Å². The molecule has 0 amide bonds. The summed E-state index contributed by atoms with van der Waals surface area (Å²) in [5, 5.41) is 0. The Hall–Kier alpha value is -0.920. The third-order valence-electron chi connectivity index (χ3n) is 0.460. The van der Waals surface area contributed by atoms with Gasteiger partial charge in [0, 0.05) is 19.0 Å². The van der Waals surface area contributed by atoms with Crippen LogP contribution >= 0.6 is 0 Å². The van der Waals surface area contributed by atoms with Crippen LogP contribution in [0.5, 0.6) is 0 Å². The maximum atomic E-state index is 6.65. The van der Waals surface area contributed by atoms with Gasteiger partial charge in [-0.25, -0.2) is 9.98 Å². The molecular weight excluding hydrogens is 76.1 g/mol. The van der Waals surface area contributed by atoms with Gasteiger partial charge in [-0.2, -0.15) is 0 Å². The SMILES string of the molecule is [C]=C1N=CC=N1. The maximum absolute atomic E-state index is 6.65. The molecule has 2 radical (unpaired) electrons. The lowest BCUT2D eigenvalue weighted by atomic mass is 10.9. The summed E-state index contributed by atoms with van der Waals surface area (Å²) in [4.78, 5) is 6.94. The molecule has 1 aliphatic rings. The Morgan fingerprint density at radius 2 is 1.83 bits per heavy atom. The highest BCUT2D eigenvalue weighted by atomic mass is 15.0. The predicted octanol–water partition coefficient (Wildman–Crippen LogP) is 0.293. The fourth-order valence-corrected chi connectivity index (χ4v) is 0.241. The van der Waals surface area contributed by atoms with Crippen molar-refractivity contribution < 1.29 is 0 Å². The summed E-state index contributed by atoms with van der Waals surface area (Å²) in [6.45, 7) is 6.65. The molecule has 2 heteroatoms. The molecule has 2 nitrogen and oxygen atoms in total. The standard InChI is InChI=1S/C4H2N2/c1-4-5-2-3-6-4/h2-3H. The minimum Gasteiger partial charge on any atom is -0.235 e. The number of hydrogen-bond acceptors (Lipinski definition) is 2. The van der Waals surface area contributed by atoms with Gasteiger partial charge in [-0.05, 0) is 0 Å². The summed E-state index contributed by atoms with van der Waals surface area (Å²) in [6.07, 6.45) is 2.98. The van der Waals surface area contributed by atoms with E-state index < -0.39 is 0 Å². The van der Waals surface area contributed by atoms with E-state index >= 15 is 0 Å². The van der Waals surface area contributed by atoms with Crippen molar-refractivity contribution in [2.45, 2.75) is 0 Å². The van der Waals surface area contributed by atoms with Crippen LogP contribution in [0.4, 0.5) is 0 Å². The first-order valence-corrected chi connectivity index (χ1v) is 1.55. The summed E-state index contributed by atoms with van der Waals surface area (Å²) in [6, 6.07) is 0. The normalized spacial score (nSPS) is 17.0. The summed E-state index contributed by atoms with van der Waals surface area (Å²) < 4.78 is 0. The minimum atomic E-state index is 0.0926. The van der Waals surface area contributed by atoms with Crippen LogP contribution in [0.15, 0.2) is 15.8 Å². The lowest BCUT2D eigenvalue weighted by molar-refractivity contribution is 1.30.